The minimum absolute atomic E-state index is 0.241. The molecular formula is C87H157NO18. The molecule has 3 heterocycles. The molecule has 12 N–H and O–H groups in total. The molecule has 3 aliphatic heterocycles. The average molecular weight is 1510 g/mol. The zero-order valence-electron chi connectivity index (χ0n) is 66.4. The van der Waals surface area contributed by atoms with Gasteiger partial charge in [-0.2, -0.15) is 0 Å². The van der Waals surface area contributed by atoms with Crippen LogP contribution in [0.5, 0.6) is 0 Å². The Morgan fingerprint density at radius 3 is 1.02 bits per heavy atom. The number of nitrogens with one attached hydrogen (secondary N) is 1. The molecule has 0 aromatic carbocycles. The zero-order valence-corrected chi connectivity index (χ0v) is 66.4. The van der Waals surface area contributed by atoms with Gasteiger partial charge in [-0.15, -0.1) is 0 Å². The lowest BCUT2D eigenvalue weighted by molar-refractivity contribution is -0.379. The first-order chi connectivity index (χ1) is 51.8. The Morgan fingerprint density at radius 1 is 0.349 bits per heavy atom. The zero-order chi connectivity index (χ0) is 76.7. The summed E-state index contributed by atoms with van der Waals surface area (Å²) in [6.07, 6.45) is 61.3. The highest BCUT2D eigenvalue weighted by atomic mass is 16.8. The fraction of sp³-hybridized carbons (Fsp3) is 0.851. The van der Waals surface area contributed by atoms with Gasteiger partial charge in [-0.3, -0.25) is 4.79 Å². The van der Waals surface area contributed by atoms with Gasteiger partial charge in [-0.1, -0.05) is 344 Å². The number of amides is 1. The van der Waals surface area contributed by atoms with E-state index >= 15 is 0 Å². The van der Waals surface area contributed by atoms with Gasteiger partial charge in [0.2, 0.25) is 5.91 Å². The fourth-order valence-corrected chi connectivity index (χ4v) is 14.4. The number of aliphatic hydroxyl groups excluding tert-OH is 11. The number of allylic oxidation sites excluding steroid dienone is 12. The van der Waals surface area contributed by atoms with Crippen molar-refractivity contribution in [3.63, 3.8) is 0 Å². The predicted octanol–water partition coefficient (Wildman–Crippen LogP) is 15.6. The van der Waals surface area contributed by atoms with Crippen LogP contribution in [0, 0.1) is 0 Å². The van der Waals surface area contributed by atoms with E-state index in [9.17, 15) is 61.0 Å². The molecule has 19 nitrogen and oxygen atoms in total. The van der Waals surface area contributed by atoms with Gasteiger partial charge in [0.1, 0.15) is 73.2 Å². The topological polar surface area (TPSA) is 307 Å². The monoisotopic (exact) mass is 1500 g/mol. The third kappa shape index (κ3) is 45.7. The van der Waals surface area contributed by atoms with Gasteiger partial charge in [0, 0.05) is 6.42 Å². The molecule has 17 atom stereocenters. The minimum Gasteiger partial charge on any atom is -0.394 e. The van der Waals surface area contributed by atoms with Crippen LogP contribution < -0.4 is 5.32 Å². The first-order valence-electron chi connectivity index (χ1n) is 43.2. The van der Waals surface area contributed by atoms with Crippen molar-refractivity contribution in [1.82, 2.24) is 5.32 Å². The first kappa shape index (κ1) is 97.4. The summed E-state index contributed by atoms with van der Waals surface area (Å²) in [6, 6.07) is -0.893. The number of hydrogen-bond acceptors (Lipinski definition) is 18. The summed E-state index contributed by atoms with van der Waals surface area (Å²) in [4.78, 5) is 13.5. The summed E-state index contributed by atoms with van der Waals surface area (Å²) in [5.74, 6) is -0.241. The number of carbonyl (C=O) groups is 1. The van der Waals surface area contributed by atoms with Gasteiger partial charge in [-0.25, -0.2) is 0 Å². The predicted molar refractivity (Wildman–Crippen MR) is 425 cm³/mol. The standard InChI is InChI=1S/C87H157NO18/c1-3-5-7-9-11-13-15-17-19-21-23-25-27-29-31-33-34-35-36-37-39-41-43-45-47-49-51-53-55-57-59-61-63-65-75(93)88-70(71(92)64-62-60-58-56-54-52-50-48-46-44-42-40-38-32-30-28-26-24-22-20-18-16-14-12-10-8-6-4-2)69-101-85-81(99)78(96)83(73(67-90)103-85)106-87-82(100)79(97)84(74(68-91)104-87)105-86-80(98)77(95)76(94)72(66-89)102-86/h5,7,11,13,17,19,23,25,29,31,34-35,70-74,76-87,89-92,94-100H,3-4,6,8-10,12,14-16,18,20-22,24,26-28,30,32-33,36-69H2,1-2H3,(H,88,93)/b7-5-,13-11-,19-17-,25-23-,31-29-,35-34-. The molecule has 3 saturated heterocycles. The molecule has 3 aliphatic rings. The van der Waals surface area contributed by atoms with Crippen molar-refractivity contribution >= 4 is 5.91 Å². The Hall–Kier alpha value is -2.77. The third-order valence-electron chi connectivity index (χ3n) is 21.3. The van der Waals surface area contributed by atoms with Crippen LogP contribution in [-0.4, -0.2) is 193 Å². The van der Waals surface area contributed by atoms with Gasteiger partial charge < -0.3 is 89.9 Å². The largest absolute Gasteiger partial charge is 0.394 e. The molecule has 0 saturated carbocycles. The number of aliphatic hydroxyl groups is 11. The lowest BCUT2D eigenvalue weighted by Gasteiger charge is -2.48. The Morgan fingerprint density at radius 2 is 0.651 bits per heavy atom. The molecule has 19 heteroatoms. The lowest BCUT2D eigenvalue weighted by Crippen LogP contribution is -2.66. The van der Waals surface area contributed by atoms with Crippen LogP contribution in [0.4, 0.5) is 0 Å². The molecule has 1 amide bonds. The van der Waals surface area contributed by atoms with Crippen LogP contribution >= 0.6 is 0 Å². The Kier molecular flexibility index (Phi) is 61.4. The molecular weight excluding hydrogens is 1350 g/mol. The van der Waals surface area contributed by atoms with Crippen molar-refractivity contribution in [3.8, 4) is 0 Å². The van der Waals surface area contributed by atoms with Crippen molar-refractivity contribution in [3.05, 3.63) is 72.9 Å². The second-order valence-corrected chi connectivity index (χ2v) is 30.6. The molecule has 0 aliphatic carbocycles. The highest BCUT2D eigenvalue weighted by Crippen LogP contribution is 2.33. The smallest absolute Gasteiger partial charge is 0.220 e. The maximum Gasteiger partial charge on any atom is 0.220 e. The van der Waals surface area contributed by atoms with E-state index < -0.39 is 124 Å². The van der Waals surface area contributed by atoms with E-state index in [0.29, 0.717) is 12.8 Å². The maximum atomic E-state index is 13.5. The van der Waals surface area contributed by atoms with E-state index in [2.05, 4.69) is 92.1 Å². The normalized spacial score (nSPS) is 26.0. The van der Waals surface area contributed by atoms with Crippen LogP contribution in [-0.2, 0) is 33.2 Å². The molecule has 0 aromatic rings. The van der Waals surface area contributed by atoms with E-state index in [4.69, 9.17) is 28.4 Å². The first-order valence-corrected chi connectivity index (χ1v) is 43.2. The Labute approximate surface area is 642 Å². The highest BCUT2D eigenvalue weighted by Gasteiger charge is 2.54. The summed E-state index contributed by atoms with van der Waals surface area (Å²) < 4.78 is 34.6. The molecule has 0 spiro atoms. The second kappa shape index (κ2) is 66.8. The molecule has 17 unspecified atom stereocenters. The van der Waals surface area contributed by atoms with E-state index in [0.717, 1.165) is 89.9 Å². The number of carbonyl (C=O) groups excluding carboxylic acids is 1. The maximum absolute atomic E-state index is 13.5. The van der Waals surface area contributed by atoms with Gasteiger partial charge in [0.05, 0.1) is 38.6 Å². The van der Waals surface area contributed by atoms with Crippen molar-refractivity contribution in [2.75, 3.05) is 26.4 Å². The van der Waals surface area contributed by atoms with Crippen LogP contribution in [0.25, 0.3) is 0 Å². The fourth-order valence-electron chi connectivity index (χ4n) is 14.4. The highest BCUT2D eigenvalue weighted by molar-refractivity contribution is 5.76. The number of ether oxygens (including phenoxy) is 6. The molecule has 0 radical (unpaired) electrons. The van der Waals surface area contributed by atoms with Gasteiger partial charge in [0.15, 0.2) is 18.9 Å². The number of rotatable bonds is 69. The van der Waals surface area contributed by atoms with Gasteiger partial charge in [0.25, 0.3) is 0 Å². The molecule has 0 bridgehead atoms. The second-order valence-electron chi connectivity index (χ2n) is 30.6. The van der Waals surface area contributed by atoms with Crippen molar-refractivity contribution < 1.29 is 89.4 Å². The van der Waals surface area contributed by atoms with E-state index in [1.54, 1.807) is 0 Å². The van der Waals surface area contributed by atoms with Crippen molar-refractivity contribution in [2.45, 2.75) is 446 Å². The minimum atomic E-state index is -1.98. The number of hydrogen-bond donors (Lipinski definition) is 12. The summed E-state index contributed by atoms with van der Waals surface area (Å²) in [6.45, 7) is 1.73. The van der Waals surface area contributed by atoms with Crippen LogP contribution in [0.2, 0.25) is 0 Å². The van der Waals surface area contributed by atoms with E-state index in [1.165, 1.54) is 218 Å². The number of unbranched alkanes of at least 4 members (excludes halogenated alkanes) is 41. The summed E-state index contributed by atoms with van der Waals surface area (Å²) in [5.41, 5.74) is 0. The van der Waals surface area contributed by atoms with Gasteiger partial charge in [-0.05, 0) is 64.2 Å². The van der Waals surface area contributed by atoms with Crippen LogP contribution in [0.15, 0.2) is 72.9 Å². The summed E-state index contributed by atoms with van der Waals surface area (Å²) in [7, 11) is 0. The Bertz CT molecular complexity index is 2190. The van der Waals surface area contributed by atoms with Gasteiger partial charge >= 0.3 is 0 Å². The van der Waals surface area contributed by atoms with E-state index in [-0.39, 0.29) is 18.9 Å². The molecule has 0 aromatic heterocycles. The Balaban J connectivity index is 1.34. The summed E-state index contributed by atoms with van der Waals surface area (Å²) in [5, 5.41) is 121. The van der Waals surface area contributed by atoms with Crippen LogP contribution in [0.1, 0.15) is 341 Å². The molecule has 3 rings (SSSR count). The van der Waals surface area contributed by atoms with Crippen molar-refractivity contribution in [1.29, 1.82) is 0 Å². The van der Waals surface area contributed by atoms with Crippen LogP contribution in [0.3, 0.4) is 0 Å². The molecule has 618 valence electrons. The summed E-state index contributed by atoms with van der Waals surface area (Å²) >= 11 is 0. The quantitative estimate of drug-likeness (QED) is 0.0199. The molecule has 106 heavy (non-hydrogen) atoms. The average Bonchev–Trinajstić information content (AvgIpc) is 0.781. The van der Waals surface area contributed by atoms with E-state index in [1.807, 2.05) is 0 Å². The SMILES string of the molecule is CC/C=C\C/C=C\C/C=C\C/C=C\C/C=C\C/C=C\CCCCCCCCCCCCCCCCC(=O)NC(COC1OC(CO)C(OC2OC(CO)C(OC3OC(CO)C(O)C(O)C3O)C(O)C2O)C(O)C1O)C(O)CCCCCCCCCCCCCCCCCCCCCCCCCCCCCC. The van der Waals surface area contributed by atoms with Crippen molar-refractivity contribution in [2.24, 2.45) is 0 Å². The third-order valence-corrected chi connectivity index (χ3v) is 21.3. The lowest BCUT2D eigenvalue weighted by atomic mass is 9.96. The molecule has 3 fully saturated rings.